The Morgan fingerprint density at radius 1 is 1.37 bits per heavy atom. The molecular weight excluding hydrogens is 282 g/mol. The smallest absolute Gasteiger partial charge is 0.224 e. The van der Waals surface area contributed by atoms with Crippen molar-refractivity contribution in [1.82, 2.24) is 0 Å². The summed E-state index contributed by atoms with van der Waals surface area (Å²) in [6.07, 6.45) is 5.23. The first kappa shape index (κ1) is 16.2. The topological polar surface area (TPSA) is 46.2 Å². The van der Waals surface area contributed by atoms with E-state index in [2.05, 4.69) is 12.2 Å². The highest BCUT2D eigenvalue weighted by molar-refractivity contribution is 7.83. The average Bonchev–Trinajstić information content (AvgIpc) is 2.33. The molecule has 5 heteroatoms. The number of carbonyl (C=O) groups is 1. The highest BCUT2D eigenvalue weighted by Gasteiger charge is 2.07. The molecule has 0 heterocycles. The van der Waals surface area contributed by atoms with Crippen molar-refractivity contribution in [2.45, 2.75) is 38.4 Å². The lowest BCUT2D eigenvalue weighted by molar-refractivity contribution is -0.116. The van der Waals surface area contributed by atoms with E-state index in [0.29, 0.717) is 22.9 Å². The summed E-state index contributed by atoms with van der Waals surface area (Å²) in [5.74, 6) is 0.414. The molecule has 0 aromatic heterocycles. The number of carbonyl (C=O) groups excluding carboxylic acids is 1. The number of unbranched alkanes of at least 4 members (excludes halogenated alkanes) is 2. The molecule has 0 aliphatic heterocycles. The first-order chi connectivity index (χ1) is 9.02. The Bertz CT molecular complexity index is 463. The zero-order chi connectivity index (χ0) is 14.3. The molecule has 1 N–H and O–H groups in total. The van der Waals surface area contributed by atoms with Crippen LogP contribution in [0.15, 0.2) is 18.2 Å². The molecule has 0 spiro atoms. The number of rotatable bonds is 7. The van der Waals surface area contributed by atoms with Gasteiger partial charge in [0, 0.05) is 39.9 Å². The van der Waals surface area contributed by atoms with Gasteiger partial charge in [-0.05, 0) is 30.2 Å². The highest BCUT2D eigenvalue weighted by Crippen LogP contribution is 2.22. The van der Waals surface area contributed by atoms with Crippen molar-refractivity contribution in [3.05, 3.63) is 28.8 Å². The van der Waals surface area contributed by atoms with Crippen LogP contribution in [0, 0.1) is 0 Å². The van der Waals surface area contributed by atoms with Crippen molar-refractivity contribution in [3.63, 3.8) is 0 Å². The van der Waals surface area contributed by atoms with E-state index in [1.165, 1.54) is 0 Å². The second kappa shape index (κ2) is 8.33. The van der Waals surface area contributed by atoms with E-state index in [1.54, 1.807) is 24.5 Å². The Morgan fingerprint density at radius 2 is 2.11 bits per heavy atom. The van der Waals surface area contributed by atoms with Gasteiger partial charge in [0.05, 0.1) is 0 Å². The van der Waals surface area contributed by atoms with Gasteiger partial charge in [0.1, 0.15) is 0 Å². The molecule has 0 radical (unpaired) electrons. The standard InChI is InChI=1S/C14H20ClNO2S/c1-3-4-5-6-14(17)16-12-7-8-13(15)11(9-12)10-19(2)18/h7-9H,3-6,10H2,1-2H3,(H,16,17)/t19-/m1/s1. The van der Waals surface area contributed by atoms with Crippen LogP contribution in [0.25, 0.3) is 0 Å². The van der Waals surface area contributed by atoms with E-state index in [4.69, 9.17) is 11.6 Å². The van der Waals surface area contributed by atoms with E-state index in [-0.39, 0.29) is 5.91 Å². The Balaban J connectivity index is 2.63. The lowest BCUT2D eigenvalue weighted by atomic mass is 10.2. The molecule has 0 saturated heterocycles. The molecule has 3 nitrogen and oxygen atoms in total. The maximum absolute atomic E-state index is 11.7. The van der Waals surface area contributed by atoms with Crippen LogP contribution in [-0.4, -0.2) is 16.4 Å². The van der Waals surface area contributed by atoms with Crippen molar-refractivity contribution in [2.75, 3.05) is 11.6 Å². The maximum atomic E-state index is 11.7. The van der Waals surface area contributed by atoms with Gasteiger partial charge in [-0.2, -0.15) is 0 Å². The summed E-state index contributed by atoms with van der Waals surface area (Å²) in [4.78, 5) is 11.7. The molecule has 0 fully saturated rings. The predicted molar refractivity (Wildman–Crippen MR) is 82.0 cm³/mol. The predicted octanol–water partition coefficient (Wildman–Crippen LogP) is 3.74. The Labute approximate surface area is 122 Å². The van der Waals surface area contributed by atoms with Crippen LogP contribution in [0.5, 0.6) is 0 Å². The maximum Gasteiger partial charge on any atom is 0.224 e. The Hall–Kier alpha value is -0.870. The summed E-state index contributed by atoms with van der Waals surface area (Å²) in [6, 6.07) is 5.29. The van der Waals surface area contributed by atoms with E-state index in [0.717, 1.165) is 24.8 Å². The average molecular weight is 302 g/mol. The third kappa shape index (κ3) is 6.21. The summed E-state index contributed by atoms with van der Waals surface area (Å²) in [5, 5.41) is 3.43. The summed E-state index contributed by atoms with van der Waals surface area (Å²) in [5.41, 5.74) is 1.51. The number of hydrogen-bond acceptors (Lipinski definition) is 2. The van der Waals surface area contributed by atoms with Gasteiger partial charge in [-0.3, -0.25) is 9.00 Å². The molecule has 106 valence electrons. The molecule has 0 aliphatic carbocycles. The van der Waals surface area contributed by atoms with Crippen molar-refractivity contribution in [3.8, 4) is 0 Å². The Kier molecular flexibility index (Phi) is 7.10. The lowest BCUT2D eigenvalue weighted by Crippen LogP contribution is -2.11. The SMILES string of the molecule is CCCCCC(=O)Nc1ccc(Cl)c(C[S@@](C)=O)c1. The van der Waals surface area contributed by atoms with E-state index < -0.39 is 10.8 Å². The molecule has 0 unspecified atom stereocenters. The molecule has 19 heavy (non-hydrogen) atoms. The number of anilines is 1. The number of benzene rings is 1. The van der Waals surface area contributed by atoms with Crippen LogP contribution in [0.4, 0.5) is 5.69 Å². The molecular formula is C14H20ClNO2S. The zero-order valence-corrected chi connectivity index (χ0v) is 12.9. The molecule has 1 amide bonds. The van der Waals surface area contributed by atoms with Gasteiger partial charge in [-0.15, -0.1) is 0 Å². The molecule has 0 aliphatic rings. The van der Waals surface area contributed by atoms with Crippen molar-refractivity contribution < 1.29 is 9.00 Å². The van der Waals surface area contributed by atoms with Crippen molar-refractivity contribution >= 4 is 34.0 Å². The quantitative estimate of drug-likeness (QED) is 0.780. The fraction of sp³-hybridized carbons (Fsp3) is 0.500. The second-order valence-corrected chi connectivity index (χ2v) is 6.37. The largest absolute Gasteiger partial charge is 0.326 e. The van der Waals surface area contributed by atoms with Gasteiger partial charge in [-0.1, -0.05) is 31.4 Å². The second-order valence-electron chi connectivity index (χ2n) is 4.53. The first-order valence-electron chi connectivity index (χ1n) is 6.41. The van der Waals surface area contributed by atoms with E-state index in [9.17, 15) is 9.00 Å². The minimum Gasteiger partial charge on any atom is -0.326 e. The van der Waals surface area contributed by atoms with Gasteiger partial charge in [0.2, 0.25) is 5.91 Å². The van der Waals surface area contributed by atoms with Crippen LogP contribution in [0.3, 0.4) is 0 Å². The number of amides is 1. The van der Waals surface area contributed by atoms with Gasteiger partial charge < -0.3 is 5.32 Å². The summed E-state index contributed by atoms with van der Waals surface area (Å²) in [6.45, 7) is 2.11. The molecule has 1 aromatic carbocycles. The molecule has 1 aromatic rings. The van der Waals surface area contributed by atoms with E-state index in [1.807, 2.05) is 0 Å². The molecule has 0 saturated carbocycles. The summed E-state index contributed by atoms with van der Waals surface area (Å²) < 4.78 is 11.2. The van der Waals surface area contributed by atoms with Crippen LogP contribution in [0.1, 0.15) is 38.2 Å². The van der Waals surface area contributed by atoms with Gasteiger partial charge in [0.15, 0.2) is 0 Å². The fourth-order valence-electron chi connectivity index (χ4n) is 1.74. The third-order valence-corrected chi connectivity index (χ3v) is 3.78. The van der Waals surface area contributed by atoms with Gasteiger partial charge >= 0.3 is 0 Å². The van der Waals surface area contributed by atoms with Crippen molar-refractivity contribution in [2.24, 2.45) is 0 Å². The third-order valence-electron chi connectivity index (χ3n) is 2.70. The van der Waals surface area contributed by atoms with Gasteiger partial charge in [0.25, 0.3) is 0 Å². The number of halogens is 1. The lowest BCUT2D eigenvalue weighted by Gasteiger charge is -2.08. The van der Waals surface area contributed by atoms with Crippen LogP contribution < -0.4 is 5.32 Å². The fourth-order valence-corrected chi connectivity index (χ4v) is 2.68. The number of nitrogens with one attached hydrogen (secondary N) is 1. The van der Waals surface area contributed by atoms with Crippen LogP contribution in [-0.2, 0) is 21.3 Å². The summed E-state index contributed by atoms with van der Waals surface area (Å²) >= 11 is 6.03. The first-order valence-corrected chi connectivity index (χ1v) is 8.51. The zero-order valence-electron chi connectivity index (χ0n) is 11.4. The normalized spacial score (nSPS) is 12.2. The monoisotopic (exact) mass is 301 g/mol. The minimum absolute atomic E-state index is 0.0133. The molecule has 1 atom stereocenters. The molecule has 1 rings (SSSR count). The van der Waals surface area contributed by atoms with E-state index >= 15 is 0 Å². The number of hydrogen-bond donors (Lipinski definition) is 1. The van der Waals surface area contributed by atoms with Crippen LogP contribution in [0.2, 0.25) is 5.02 Å². The summed E-state index contributed by atoms with van der Waals surface area (Å²) in [7, 11) is -0.951. The van der Waals surface area contributed by atoms with Crippen molar-refractivity contribution in [1.29, 1.82) is 0 Å². The van der Waals surface area contributed by atoms with Crippen LogP contribution >= 0.6 is 11.6 Å². The highest BCUT2D eigenvalue weighted by atomic mass is 35.5. The van der Waals surface area contributed by atoms with Gasteiger partial charge in [-0.25, -0.2) is 0 Å². The molecule has 0 bridgehead atoms. The Morgan fingerprint density at radius 3 is 2.74 bits per heavy atom. The minimum atomic E-state index is -0.951.